The van der Waals surface area contributed by atoms with E-state index in [1.807, 2.05) is 17.9 Å². The summed E-state index contributed by atoms with van der Waals surface area (Å²) in [5.74, 6) is -0.892. The smallest absolute Gasteiger partial charge is 0.416 e. The monoisotopic (exact) mass is 761 g/mol. The van der Waals surface area contributed by atoms with Gasteiger partial charge < -0.3 is 45.9 Å². The fourth-order valence-electron chi connectivity index (χ4n) is 4.65. The number of carbonyl (C=O) groups excluding carboxylic acids is 2. The first-order chi connectivity index (χ1) is 24.6. The maximum absolute atomic E-state index is 12.8. The van der Waals surface area contributed by atoms with Gasteiger partial charge in [-0.15, -0.1) is 0 Å². The van der Waals surface area contributed by atoms with Gasteiger partial charge in [0.05, 0.1) is 55.9 Å². The number of carbonyl (C=O) groups is 2. The van der Waals surface area contributed by atoms with Crippen molar-refractivity contribution in [3.63, 3.8) is 0 Å². The largest absolute Gasteiger partial charge is 0.445 e. The SMILES string of the molecule is C=CC(=C)N(CCCNC(=O)CCCCC(CS(=O)(=O)c1ccc(C(F)(F)F)cc1)OC(N)=O)C(=C)/C=C(\C)NCCOCCOCCOCCN. The van der Waals surface area contributed by atoms with Crippen molar-refractivity contribution >= 4 is 21.8 Å². The topological polar surface area (TPSA) is 185 Å². The first kappa shape index (κ1) is 46.1. The Morgan fingerprint density at radius 1 is 0.923 bits per heavy atom. The van der Waals surface area contributed by atoms with Crippen molar-refractivity contribution in [2.45, 2.75) is 56.2 Å². The minimum atomic E-state index is -4.62. The molecule has 1 unspecified atom stereocenters. The van der Waals surface area contributed by atoms with E-state index in [1.54, 1.807) is 6.08 Å². The van der Waals surface area contributed by atoms with E-state index in [9.17, 15) is 31.2 Å². The van der Waals surface area contributed by atoms with Gasteiger partial charge in [0.1, 0.15) is 6.10 Å². The number of allylic oxidation sites excluding steroid dienone is 3. The average molecular weight is 762 g/mol. The lowest BCUT2D eigenvalue weighted by Crippen LogP contribution is -2.30. The number of unbranched alkanes of at least 4 members (excludes halogenated alkanes) is 1. The summed E-state index contributed by atoms with van der Waals surface area (Å²) in [6.07, 6.45) is -1.98. The Balaban J connectivity index is 2.43. The van der Waals surface area contributed by atoms with Crippen molar-refractivity contribution in [3.05, 3.63) is 78.8 Å². The van der Waals surface area contributed by atoms with Crippen LogP contribution in [0.4, 0.5) is 18.0 Å². The van der Waals surface area contributed by atoms with Crippen LogP contribution in [0.2, 0.25) is 0 Å². The maximum atomic E-state index is 12.8. The van der Waals surface area contributed by atoms with Crippen molar-refractivity contribution in [1.82, 2.24) is 15.5 Å². The second-order valence-corrected chi connectivity index (χ2v) is 13.6. The molecule has 0 saturated carbocycles. The number of amides is 2. The molecule has 1 rings (SSSR count). The summed E-state index contributed by atoms with van der Waals surface area (Å²) < 4.78 is 85.3. The molecule has 0 aliphatic carbocycles. The molecule has 0 heterocycles. The molecule has 0 fully saturated rings. The van der Waals surface area contributed by atoms with Crippen LogP contribution in [-0.2, 0) is 39.8 Å². The fraction of sp³-hybridized carbons (Fsp3) is 0.543. The van der Waals surface area contributed by atoms with Crippen LogP contribution >= 0.6 is 0 Å². The summed E-state index contributed by atoms with van der Waals surface area (Å²) in [5.41, 5.74) is 11.7. The molecule has 0 aliphatic rings. The Morgan fingerprint density at radius 3 is 2.12 bits per heavy atom. The molecule has 13 nitrogen and oxygen atoms in total. The summed E-state index contributed by atoms with van der Waals surface area (Å²) >= 11 is 0. The van der Waals surface area contributed by atoms with Crippen LogP contribution in [0.1, 0.15) is 44.6 Å². The van der Waals surface area contributed by atoms with Crippen LogP contribution in [0.25, 0.3) is 0 Å². The molecule has 0 aliphatic heterocycles. The third-order valence-electron chi connectivity index (χ3n) is 7.26. The highest BCUT2D eigenvalue weighted by Gasteiger charge is 2.31. The van der Waals surface area contributed by atoms with E-state index in [-0.39, 0.29) is 23.6 Å². The van der Waals surface area contributed by atoms with E-state index >= 15 is 0 Å². The standard InChI is InChI=1S/C35H54F3N5O8S/c1-5-28(3)43(29(4)25-27(2)41-17-20-49-22-24-50-23-21-48-19-15-39)18-8-16-42-33(44)10-7-6-9-31(51-34(40)45)26-52(46,47)32-13-11-30(12-14-32)35(36,37)38/h5,11-14,25,31,41H,1,3-4,6-10,15-24,26,39H2,2H3,(H2,40,45)(H,42,44)/b27-25+. The second-order valence-electron chi connectivity index (χ2n) is 11.5. The molecule has 0 saturated heterocycles. The molecule has 0 aromatic heterocycles. The number of alkyl halides is 3. The number of rotatable bonds is 29. The van der Waals surface area contributed by atoms with Gasteiger partial charge in [-0.05, 0) is 69.0 Å². The molecule has 17 heteroatoms. The number of hydrogen-bond acceptors (Lipinski definition) is 11. The molecule has 294 valence electrons. The highest BCUT2D eigenvalue weighted by molar-refractivity contribution is 7.91. The number of halogens is 3. The van der Waals surface area contributed by atoms with E-state index in [1.165, 1.54) is 0 Å². The molecule has 0 bridgehead atoms. The third kappa shape index (κ3) is 20.2. The summed E-state index contributed by atoms with van der Waals surface area (Å²) in [6.45, 7) is 18.7. The number of nitrogens with two attached hydrogens (primary N) is 2. The van der Waals surface area contributed by atoms with Gasteiger partial charge in [-0.1, -0.05) is 19.7 Å². The van der Waals surface area contributed by atoms with Crippen LogP contribution in [0, 0.1) is 0 Å². The summed E-state index contributed by atoms with van der Waals surface area (Å²) in [6, 6.07) is 3.03. The minimum absolute atomic E-state index is 0.0764. The number of ether oxygens (including phenoxy) is 4. The van der Waals surface area contributed by atoms with Crippen molar-refractivity contribution in [2.24, 2.45) is 11.5 Å². The molecule has 1 aromatic rings. The predicted octanol–water partition coefficient (Wildman–Crippen LogP) is 4.03. The average Bonchev–Trinajstić information content (AvgIpc) is 3.07. The second kappa shape index (κ2) is 25.1. The van der Waals surface area contributed by atoms with E-state index in [4.69, 9.17) is 30.4 Å². The number of nitrogens with zero attached hydrogens (tertiary/aromatic N) is 1. The normalized spacial score (nSPS) is 12.5. The quantitative estimate of drug-likeness (QED) is 0.0683. The first-order valence-corrected chi connectivity index (χ1v) is 18.5. The van der Waals surface area contributed by atoms with Crippen molar-refractivity contribution in [2.75, 3.05) is 71.6 Å². The maximum Gasteiger partial charge on any atom is 0.416 e. The molecule has 2 amide bonds. The van der Waals surface area contributed by atoms with Crippen LogP contribution in [0.5, 0.6) is 0 Å². The number of primary amides is 1. The lowest BCUT2D eigenvalue weighted by atomic mass is 10.1. The Hall–Kier alpha value is -3.90. The summed E-state index contributed by atoms with van der Waals surface area (Å²) in [4.78, 5) is 25.3. The van der Waals surface area contributed by atoms with Gasteiger partial charge in [0.25, 0.3) is 0 Å². The molecule has 1 aromatic carbocycles. The van der Waals surface area contributed by atoms with Gasteiger partial charge in [-0.2, -0.15) is 13.2 Å². The van der Waals surface area contributed by atoms with E-state index < -0.39 is 39.5 Å². The van der Waals surface area contributed by atoms with E-state index in [0.29, 0.717) is 109 Å². The Kier molecular flexibility index (Phi) is 22.3. The lowest BCUT2D eigenvalue weighted by molar-refractivity contribution is -0.137. The molecule has 0 radical (unpaired) electrons. The molecule has 6 N–H and O–H groups in total. The van der Waals surface area contributed by atoms with Gasteiger partial charge in [0.2, 0.25) is 5.91 Å². The number of sulfone groups is 1. The van der Waals surface area contributed by atoms with Crippen molar-refractivity contribution in [3.8, 4) is 0 Å². The summed E-state index contributed by atoms with van der Waals surface area (Å²) in [7, 11) is -4.10. The van der Waals surface area contributed by atoms with Crippen molar-refractivity contribution < 1.29 is 50.1 Å². The fourth-order valence-corrected chi connectivity index (χ4v) is 6.12. The molecule has 0 spiro atoms. The first-order valence-electron chi connectivity index (χ1n) is 16.9. The van der Waals surface area contributed by atoms with Crippen LogP contribution in [-0.4, -0.2) is 103 Å². The highest BCUT2D eigenvalue weighted by Crippen LogP contribution is 2.30. The Morgan fingerprint density at radius 2 is 1.54 bits per heavy atom. The zero-order valence-electron chi connectivity index (χ0n) is 29.9. The van der Waals surface area contributed by atoms with Gasteiger partial charge in [0, 0.05) is 49.7 Å². The van der Waals surface area contributed by atoms with Crippen LogP contribution in [0.3, 0.4) is 0 Å². The Bertz CT molecular complexity index is 1410. The van der Waals surface area contributed by atoms with Crippen molar-refractivity contribution in [1.29, 1.82) is 0 Å². The molecule has 1 atom stereocenters. The van der Waals surface area contributed by atoms with Gasteiger partial charge in [-0.3, -0.25) is 4.79 Å². The predicted molar refractivity (Wildman–Crippen MR) is 193 cm³/mol. The molecular formula is C35H54F3N5O8S. The zero-order valence-corrected chi connectivity index (χ0v) is 30.7. The van der Waals surface area contributed by atoms with Crippen LogP contribution < -0.4 is 22.1 Å². The minimum Gasteiger partial charge on any atom is -0.445 e. The van der Waals surface area contributed by atoms with E-state index in [0.717, 1.165) is 17.8 Å². The number of hydrogen-bond donors (Lipinski definition) is 4. The van der Waals surface area contributed by atoms with Gasteiger partial charge in [-0.25, -0.2) is 13.2 Å². The third-order valence-corrected chi connectivity index (χ3v) is 9.06. The highest BCUT2D eigenvalue weighted by atomic mass is 32.2. The van der Waals surface area contributed by atoms with Gasteiger partial charge >= 0.3 is 12.3 Å². The Labute approximate surface area is 305 Å². The molecule has 52 heavy (non-hydrogen) atoms. The lowest BCUT2D eigenvalue weighted by Gasteiger charge is -2.26. The number of benzene rings is 1. The molecular weight excluding hydrogens is 707 g/mol. The zero-order chi connectivity index (χ0) is 39.0. The van der Waals surface area contributed by atoms with Gasteiger partial charge in [0.15, 0.2) is 9.84 Å². The number of nitrogens with one attached hydrogen (secondary N) is 2. The summed E-state index contributed by atoms with van der Waals surface area (Å²) in [5, 5.41) is 6.11. The van der Waals surface area contributed by atoms with Crippen LogP contribution in [0.15, 0.2) is 78.1 Å². The van der Waals surface area contributed by atoms with E-state index in [2.05, 4.69) is 30.4 Å².